The Balaban J connectivity index is 1.75. The van der Waals surface area contributed by atoms with Crippen molar-refractivity contribution >= 4 is 17.5 Å². The van der Waals surface area contributed by atoms with Crippen molar-refractivity contribution in [2.24, 2.45) is 0 Å². The van der Waals surface area contributed by atoms with Gasteiger partial charge >= 0.3 is 0 Å². The summed E-state index contributed by atoms with van der Waals surface area (Å²) >= 11 is 0. The van der Waals surface area contributed by atoms with Crippen molar-refractivity contribution in [3.63, 3.8) is 0 Å². The summed E-state index contributed by atoms with van der Waals surface area (Å²) < 4.78 is 0. The van der Waals surface area contributed by atoms with Gasteiger partial charge in [0.2, 0.25) is 5.91 Å². The second-order valence-corrected chi connectivity index (χ2v) is 6.83. The summed E-state index contributed by atoms with van der Waals surface area (Å²) in [5, 5.41) is 9.16. The number of rotatable bonds is 3. The molecule has 0 saturated carbocycles. The van der Waals surface area contributed by atoms with Gasteiger partial charge in [-0.05, 0) is 30.5 Å². The molecule has 4 rings (SSSR count). The Labute approximate surface area is 150 Å². The third-order valence-electron chi connectivity index (χ3n) is 5.47. The molecule has 3 heterocycles. The quantitative estimate of drug-likeness (QED) is 0.878. The van der Waals surface area contributed by atoms with E-state index in [-0.39, 0.29) is 29.1 Å². The van der Waals surface area contributed by atoms with Crippen LogP contribution in [0.25, 0.3) is 0 Å². The molecule has 26 heavy (non-hydrogen) atoms. The zero-order valence-corrected chi connectivity index (χ0v) is 14.5. The Morgan fingerprint density at radius 1 is 1.27 bits per heavy atom. The molecule has 2 aliphatic heterocycles. The van der Waals surface area contributed by atoms with Crippen LogP contribution in [-0.2, 0) is 10.2 Å². The lowest BCUT2D eigenvalue weighted by atomic mass is 9.73. The minimum Gasteiger partial charge on any atom is -0.333 e. The van der Waals surface area contributed by atoms with Gasteiger partial charge in [-0.15, -0.1) is 0 Å². The minimum absolute atomic E-state index is 0.0399. The second-order valence-electron chi connectivity index (χ2n) is 6.83. The van der Waals surface area contributed by atoms with Gasteiger partial charge < -0.3 is 10.2 Å². The van der Waals surface area contributed by atoms with Crippen LogP contribution in [0.1, 0.15) is 42.2 Å². The number of anilines is 1. The van der Waals surface area contributed by atoms with E-state index >= 15 is 0 Å². The second kappa shape index (κ2) is 6.09. The van der Waals surface area contributed by atoms with Crippen LogP contribution in [-0.4, -0.2) is 39.5 Å². The van der Waals surface area contributed by atoms with E-state index in [2.05, 4.69) is 15.5 Å². The summed E-state index contributed by atoms with van der Waals surface area (Å²) in [6.45, 7) is 2.53. The molecule has 0 aliphatic carbocycles. The molecule has 1 fully saturated rings. The number of H-pyrrole nitrogens is 1. The van der Waals surface area contributed by atoms with Gasteiger partial charge in [-0.3, -0.25) is 14.4 Å². The summed E-state index contributed by atoms with van der Waals surface area (Å²) in [5.74, 6) is -0.296. The molecule has 1 saturated heterocycles. The maximum atomic E-state index is 13.0. The highest BCUT2D eigenvalue weighted by atomic mass is 16.2. The first-order chi connectivity index (χ1) is 12.6. The maximum absolute atomic E-state index is 13.0. The Bertz CT molecular complexity index is 918. The lowest BCUT2D eigenvalue weighted by Crippen LogP contribution is -2.49. The van der Waals surface area contributed by atoms with Gasteiger partial charge in [0.15, 0.2) is 0 Å². The third-order valence-corrected chi connectivity index (χ3v) is 5.47. The molecule has 1 aromatic carbocycles. The van der Waals surface area contributed by atoms with Crippen LogP contribution in [0, 0.1) is 0 Å². The lowest BCUT2D eigenvalue weighted by molar-refractivity contribution is -0.121. The molecule has 134 valence electrons. The summed E-state index contributed by atoms with van der Waals surface area (Å²) in [5.41, 5.74) is 0.913. The van der Waals surface area contributed by atoms with Crippen molar-refractivity contribution in [3.05, 3.63) is 58.0 Å². The smallest absolute Gasteiger partial charge is 0.274 e. The largest absolute Gasteiger partial charge is 0.333 e. The van der Waals surface area contributed by atoms with Crippen LogP contribution in [0.4, 0.5) is 5.69 Å². The fraction of sp³-hybridized carbons (Fsp3) is 0.368. The normalized spacial score (nSPS) is 24.0. The average molecular weight is 352 g/mol. The first kappa shape index (κ1) is 16.5. The number of fused-ring (bicyclic) bond motifs is 2. The number of benzene rings is 1. The topological polar surface area (TPSA) is 95.2 Å². The highest BCUT2D eigenvalue weighted by Crippen LogP contribution is 2.49. The fourth-order valence-electron chi connectivity index (χ4n) is 4.33. The Kier molecular flexibility index (Phi) is 3.86. The van der Waals surface area contributed by atoms with E-state index in [0.717, 1.165) is 24.1 Å². The van der Waals surface area contributed by atoms with E-state index in [1.807, 2.05) is 31.2 Å². The third kappa shape index (κ3) is 2.27. The molecule has 2 aromatic rings. The number of hydrogen-bond acceptors (Lipinski definition) is 4. The summed E-state index contributed by atoms with van der Waals surface area (Å²) in [6, 6.07) is 10.2. The fourth-order valence-corrected chi connectivity index (χ4v) is 4.33. The van der Waals surface area contributed by atoms with Gasteiger partial charge in [0, 0.05) is 18.3 Å². The Morgan fingerprint density at radius 3 is 2.81 bits per heavy atom. The average Bonchev–Trinajstić information content (AvgIpc) is 3.16. The molecule has 2 aliphatic rings. The van der Waals surface area contributed by atoms with Gasteiger partial charge in [-0.1, -0.05) is 31.5 Å². The van der Waals surface area contributed by atoms with Crippen molar-refractivity contribution in [3.8, 4) is 0 Å². The molecule has 0 radical (unpaired) electrons. The number of carbonyl (C=O) groups is 2. The summed E-state index contributed by atoms with van der Waals surface area (Å²) in [4.78, 5) is 39.0. The highest BCUT2D eigenvalue weighted by Gasteiger charge is 2.58. The Morgan fingerprint density at radius 2 is 2.08 bits per heavy atom. The van der Waals surface area contributed by atoms with Crippen LogP contribution in [0.2, 0.25) is 0 Å². The zero-order chi connectivity index (χ0) is 18.3. The van der Waals surface area contributed by atoms with Crippen LogP contribution in [0.5, 0.6) is 0 Å². The summed E-state index contributed by atoms with van der Waals surface area (Å²) in [7, 11) is 0. The summed E-state index contributed by atoms with van der Waals surface area (Å²) in [6.07, 6.45) is 2.15. The molecular formula is C19H20N4O3. The van der Waals surface area contributed by atoms with E-state index in [1.165, 1.54) is 12.1 Å². The molecule has 1 spiro atoms. The number of para-hydroxylation sites is 1. The first-order valence-electron chi connectivity index (χ1n) is 8.85. The molecule has 0 bridgehead atoms. The monoisotopic (exact) mass is 352 g/mol. The van der Waals surface area contributed by atoms with Crippen molar-refractivity contribution in [1.29, 1.82) is 0 Å². The standard InChI is InChI=1S/C19H20N4O3/c1-2-5-15-19(12-6-3-4-7-13(12)20-18(19)26)10-11-23(15)17(25)14-8-9-16(24)22-21-14/h3-4,6-9,15H,2,5,10-11H2,1H3,(H,20,26)(H,22,24)/t15-,19-/m0/s1. The van der Waals surface area contributed by atoms with E-state index < -0.39 is 5.41 Å². The van der Waals surface area contributed by atoms with Gasteiger partial charge in [-0.25, -0.2) is 5.10 Å². The Hall–Kier alpha value is -2.96. The minimum atomic E-state index is -0.718. The molecular weight excluding hydrogens is 332 g/mol. The van der Waals surface area contributed by atoms with E-state index in [0.29, 0.717) is 13.0 Å². The van der Waals surface area contributed by atoms with Gasteiger partial charge in [0.1, 0.15) is 5.69 Å². The van der Waals surface area contributed by atoms with Crippen LogP contribution < -0.4 is 10.9 Å². The van der Waals surface area contributed by atoms with Crippen molar-refractivity contribution in [1.82, 2.24) is 15.1 Å². The van der Waals surface area contributed by atoms with Crippen molar-refractivity contribution in [2.45, 2.75) is 37.6 Å². The van der Waals surface area contributed by atoms with Crippen LogP contribution >= 0.6 is 0 Å². The highest BCUT2D eigenvalue weighted by molar-refractivity contribution is 6.08. The van der Waals surface area contributed by atoms with Gasteiger partial charge in [0.25, 0.3) is 11.5 Å². The van der Waals surface area contributed by atoms with Gasteiger partial charge in [0.05, 0.1) is 11.5 Å². The lowest BCUT2D eigenvalue weighted by Gasteiger charge is -2.33. The van der Waals surface area contributed by atoms with Gasteiger partial charge in [-0.2, -0.15) is 5.10 Å². The van der Waals surface area contributed by atoms with E-state index in [9.17, 15) is 14.4 Å². The number of nitrogens with zero attached hydrogens (tertiary/aromatic N) is 2. The van der Waals surface area contributed by atoms with E-state index in [4.69, 9.17) is 0 Å². The van der Waals surface area contributed by atoms with E-state index in [1.54, 1.807) is 4.90 Å². The molecule has 2 amide bonds. The molecule has 1 aromatic heterocycles. The predicted molar refractivity (Wildman–Crippen MR) is 96.0 cm³/mol. The molecule has 2 N–H and O–H groups in total. The number of hydrogen-bond donors (Lipinski definition) is 2. The number of carbonyl (C=O) groups excluding carboxylic acids is 2. The molecule has 7 heteroatoms. The number of aromatic nitrogens is 2. The number of amides is 2. The maximum Gasteiger partial charge on any atom is 0.274 e. The van der Waals surface area contributed by atoms with Crippen molar-refractivity contribution in [2.75, 3.05) is 11.9 Å². The number of aromatic amines is 1. The molecule has 0 unspecified atom stereocenters. The van der Waals surface area contributed by atoms with Crippen LogP contribution in [0.15, 0.2) is 41.2 Å². The molecule has 2 atom stereocenters. The van der Waals surface area contributed by atoms with Crippen LogP contribution in [0.3, 0.4) is 0 Å². The van der Waals surface area contributed by atoms with Crippen molar-refractivity contribution < 1.29 is 9.59 Å². The first-order valence-corrected chi connectivity index (χ1v) is 8.85. The SMILES string of the molecule is CCC[C@@H]1N(C(=O)c2ccc(=O)[nH]n2)CC[C@@]12C(=O)Nc1ccccc12. The number of likely N-dealkylation sites (tertiary alicyclic amines) is 1. The predicted octanol–water partition coefficient (Wildman–Crippen LogP) is 1.67. The molecule has 7 nitrogen and oxygen atoms in total. The zero-order valence-electron chi connectivity index (χ0n) is 14.5. The number of nitrogens with one attached hydrogen (secondary N) is 2.